The molecular formula is C17H17Cl2NO. The molecule has 1 aromatic rings. The largest absolute Gasteiger partial charge is 0.303 e. The molecule has 1 atom stereocenters. The van der Waals surface area contributed by atoms with Gasteiger partial charge in [-0.3, -0.25) is 0 Å². The summed E-state index contributed by atoms with van der Waals surface area (Å²) in [6.45, 7) is 0. The van der Waals surface area contributed by atoms with E-state index in [1.807, 2.05) is 30.4 Å². The molecule has 21 heavy (non-hydrogen) atoms. The summed E-state index contributed by atoms with van der Waals surface area (Å²) in [5.41, 5.74) is 4.39. The number of carbonyl (C=O) groups excluding carboxylic acids is 1. The van der Waals surface area contributed by atoms with Crippen LogP contribution in [0.3, 0.4) is 0 Å². The molecule has 0 N–H and O–H groups in total. The average molecular weight is 322 g/mol. The van der Waals surface area contributed by atoms with Gasteiger partial charge in [-0.25, -0.2) is 4.99 Å². The molecule has 110 valence electrons. The molecule has 0 bridgehead atoms. The summed E-state index contributed by atoms with van der Waals surface area (Å²) in [6, 6.07) is 8.08. The fourth-order valence-corrected chi connectivity index (χ4v) is 2.84. The van der Waals surface area contributed by atoms with Gasteiger partial charge in [0.1, 0.15) is 11.5 Å². The molecule has 0 saturated heterocycles. The zero-order valence-corrected chi connectivity index (χ0v) is 13.4. The van der Waals surface area contributed by atoms with Crippen LogP contribution in [0.2, 0.25) is 0 Å². The van der Waals surface area contributed by atoms with Gasteiger partial charge in [0, 0.05) is 23.6 Å². The molecule has 1 heterocycles. The number of fused-ring (bicyclic) bond motifs is 1. The summed E-state index contributed by atoms with van der Waals surface area (Å²) in [4.78, 5) is 15.5. The summed E-state index contributed by atoms with van der Waals surface area (Å²) in [5, 5.41) is 0.554. The summed E-state index contributed by atoms with van der Waals surface area (Å²) in [5.74, 6) is -0.00357. The summed E-state index contributed by atoms with van der Waals surface area (Å²) >= 11 is 11.0. The van der Waals surface area contributed by atoms with E-state index in [1.54, 1.807) is 0 Å². The van der Waals surface area contributed by atoms with Crippen molar-refractivity contribution in [1.82, 2.24) is 0 Å². The number of rotatable bonds is 1. The van der Waals surface area contributed by atoms with Crippen LogP contribution in [0.1, 0.15) is 24.0 Å². The lowest BCUT2D eigenvalue weighted by Gasteiger charge is -2.05. The first kappa shape index (κ1) is 16.0. The molecule has 1 aromatic carbocycles. The van der Waals surface area contributed by atoms with E-state index >= 15 is 0 Å². The molecule has 3 rings (SSSR count). The molecule has 2 nitrogen and oxygen atoms in total. The lowest BCUT2D eigenvalue weighted by Crippen LogP contribution is -1.98. The normalized spacial score (nSPS) is 20.1. The molecule has 4 heteroatoms. The van der Waals surface area contributed by atoms with Crippen molar-refractivity contribution in [2.24, 2.45) is 10.9 Å². The molecule has 1 aliphatic carbocycles. The highest BCUT2D eigenvalue weighted by atomic mass is 35.5. The van der Waals surface area contributed by atoms with Gasteiger partial charge in [0.25, 0.3) is 0 Å². The van der Waals surface area contributed by atoms with E-state index in [0.717, 1.165) is 36.8 Å². The minimum absolute atomic E-state index is 0.00357. The van der Waals surface area contributed by atoms with Crippen LogP contribution >= 0.6 is 23.2 Å². The third-order valence-corrected chi connectivity index (χ3v) is 3.95. The van der Waals surface area contributed by atoms with Crippen LogP contribution in [0, 0.1) is 5.92 Å². The maximum absolute atomic E-state index is 10.9. The van der Waals surface area contributed by atoms with Crippen molar-refractivity contribution in [2.75, 3.05) is 6.38 Å². The smallest absolute Gasteiger partial charge is 0.136 e. The van der Waals surface area contributed by atoms with E-state index in [-0.39, 0.29) is 5.92 Å². The monoisotopic (exact) mass is 321 g/mol. The van der Waals surface area contributed by atoms with Crippen LogP contribution in [-0.2, 0) is 11.2 Å². The number of aliphatic imine (C=N–C) groups is 1. The van der Waals surface area contributed by atoms with Crippen LogP contribution in [0.5, 0.6) is 0 Å². The fourth-order valence-electron chi connectivity index (χ4n) is 2.56. The van der Waals surface area contributed by atoms with Crippen molar-refractivity contribution in [3.05, 3.63) is 58.8 Å². The van der Waals surface area contributed by atoms with E-state index in [2.05, 4.69) is 22.7 Å². The van der Waals surface area contributed by atoms with Crippen LogP contribution in [0.4, 0.5) is 0 Å². The lowest BCUT2D eigenvalue weighted by atomic mass is 10.00. The number of halogens is 2. The van der Waals surface area contributed by atoms with Gasteiger partial charge in [0.2, 0.25) is 0 Å². The zero-order chi connectivity index (χ0) is 15.2. The van der Waals surface area contributed by atoms with Gasteiger partial charge in [0.15, 0.2) is 0 Å². The highest BCUT2D eigenvalue weighted by Gasteiger charge is 2.19. The maximum atomic E-state index is 10.9. The Hall–Kier alpha value is -1.38. The van der Waals surface area contributed by atoms with Gasteiger partial charge in [0.05, 0.1) is 0 Å². The molecule has 1 unspecified atom stereocenters. The Morgan fingerprint density at radius 2 is 2.05 bits per heavy atom. The van der Waals surface area contributed by atoms with Gasteiger partial charge in [-0.05, 0) is 30.4 Å². The first-order valence-corrected chi connectivity index (χ1v) is 7.97. The number of hydrogen-bond acceptors (Lipinski definition) is 2. The third-order valence-electron chi connectivity index (χ3n) is 3.66. The lowest BCUT2D eigenvalue weighted by molar-refractivity contribution is -0.110. The first-order chi connectivity index (χ1) is 10.3. The molecule has 0 spiro atoms. The Balaban J connectivity index is 0.000000774. The van der Waals surface area contributed by atoms with Crippen molar-refractivity contribution in [2.45, 2.75) is 19.3 Å². The second-order valence-electron chi connectivity index (χ2n) is 4.91. The first-order valence-electron chi connectivity index (χ1n) is 6.83. The number of alkyl halides is 1. The molecule has 1 aliphatic heterocycles. The average Bonchev–Trinajstić information content (AvgIpc) is 2.79. The molecule has 0 fully saturated rings. The molecule has 0 amide bonds. The summed E-state index contributed by atoms with van der Waals surface area (Å²) in [7, 11) is 0. The second kappa shape index (κ2) is 7.58. The Bertz CT molecular complexity index is 617. The predicted octanol–water partition coefficient (Wildman–Crippen LogP) is 4.50. The number of hydrogen-bond donors (Lipinski definition) is 0. The molecule has 0 aromatic heterocycles. The van der Waals surface area contributed by atoms with Crippen molar-refractivity contribution >= 4 is 34.7 Å². The van der Waals surface area contributed by atoms with Crippen LogP contribution in [-0.4, -0.2) is 17.8 Å². The zero-order valence-electron chi connectivity index (χ0n) is 11.9. The van der Waals surface area contributed by atoms with E-state index < -0.39 is 0 Å². The molecular weight excluding hydrogens is 305 g/mol. The van der Waals surface area contributed by atoms with Gasteiger partial charge in [-0.1, -0.05) is 48.0 Å². The van der Waals surface area contributed by atoms with Gasteiger partial charge in [-0.2, -0.15) is 0 Å². The molecule has 0 radical (unpaired) electrons. The van der Waals surface area contributed by atoms with Crippen LogP contribution in [0.25, 0.3) is 0 Å². The fraction of sp³-hybridized carbons (Fsp3) is 0.294. The predicted molar refractivity (Wildman–Crippen MR) is 89.3 cm³/mol. The maximum Gasteiger partial charge on any atom is 0.136 e. The number of nitrogens with zero attached hydrogens (tertiary/aromatic N) is 1. The van der Waals surface area contributed by atoms with Gasteiger partial charge in [-0.15, -0.1) is 11.6 Å². The minimum Gasteiger partial charge on any atom is -0.303 e. The number of carbonyl (C=O) groups is 1. The van der Waals surface area contributed by atoms with Gasteiger partial charge >= 0.3 is 0 Å². The van der Waals surface area contributed by atoms with E-state index in [1.165, 1.54) is 17.5 Å². The third kappa shape index (κ3) is 3.63. The summed E-state index contributed by atoms with van der Waals surface area (Å²) in [6.07, 6.45) is 8.93. The van der Waals surface area contributed by atoms with Crippen molar-refractivity contribution < 1.29 is 4.79 Å². The minimum atomic E-state index is -0.00357. The Labute approximate surface area is 135 Å². The van der Waals surface area contributed by atoms with Crippen LogP contribution in [0.15, 0.2) is 52.7 Å². The SMILES string of the molecule is CCl.O=CC1C=CC2=C(CC1)N=C(Cl)c1ccccc1C2. The van der Waals surface area contributed by atoms with Crippen LogP contribution < -0.4 is 0 Å². The second-order valence-corrected chi connectivity index (χ2v) is 5.26. The highest BCUT2D eigenvalue weighted by molar-refractivity contribution is 6.69. The Morgan fingerprint density at radius 1 is 1.29 bits per heavy atom. The van der Waals surface area contributed by atoms with Crippen molar-refractivity contribution in [3.8, 4) is 0 Å². The van der Waals surface area contributed by atoms with E-state index in [9.17, 15) is 4.79 Å². The number of aldehydes is 1. The van der Waals surface area contributed by atoms with E-state index in [0.29, 0.717) is 5.17 Å². The summed E-state index contributed by atoms with van der Waals surface area (Å²) < 4.78 is 0. The Morgan fingerprint density at radius 3 is 2.81 bits per heavy atom. The quantitative estimate of drug-likeness (QED) is 0.553. The molecule has 0 saturated carbocycles. The number of benzene rings is 1. The number of allylic oxidation sites excluding steroid dienone is 4. The van der Waals surface area contributed by atoms with Gasteiger partial charge < -0.3 is 4.79 Å². The van der Waals surface area contributed by atoms with E-state index in [4.69, 9.17) is 11.6 Å². The standard InChI is InChI=1S/C16H14ClNO.CH3Cl/c17-16-14-4-2-1-3-12(14)9-13-7-5-11(10-19)6-8-15(13)18-16;1-2/h1-5,7,10-11H,6,8-9H2;1H3. The topological polar surface area (TPSA) is 29.4 Å². The Kier molecular flexibility index (Phi) is 5.77. The highest BCUT2D eigenvalue weighted by Crippen LogP contribution is 2.30. The molecule has 2 aliphatic rings. The van der Waals surface area contributed by atoms with Crippen molar-refractivity contribution in [3.63, 3.8) is 0 Å². The van der Waals surface area contributed by atoms with Crippen molar-refractivity contribution in [1.29, 1.82) is 0 Å².